The average Bonchev–Trinajstić information content (AvgIpc) is 2.89. The summed E-state index contributed by atoms with van der Waals surface area (Å²) in [6.07, 6.45) is 0.323. The topological polar surface area (TPSA) is 39.2 Å². The molecule has 1 aromatic heterocycles. The third-order valence-electron chi connectivity index (χ3n) is 3.35. The zero-order valence-electron chi connectivity index (χ0n) is 10.9. The number of para-hydroxylation sites is 1. The van der Waals surface area contributed by atoms with Gasteiger partial charge in [-0.15, -0.1) is 0 Å². The van der Waals surface area contributed by atoms with Crippen LogP contribution in [0.3, 0.4) is 0 Å². The highest BCUT2D eigenvalue weighted by Gasteiger charge is 2.16. The maximum absolute atomic E-state index is 13.9. The number of hydrogen-bond donors (Lipinski definition) is 1. The van der Waals surface area contributed by atoms with Gasteiger partial charge in [-0.3, -0.25) is 0 Å². The number of halogens is 3. The SMILES string of the molecule is NC(Cc1cccc(Cl)c1F)c1cc2cccc(Br)c2o1. The molecule has 0 radical (unpaired) electrons. The van der Waals surface area contributed by atoms with Crippen LogP contribution in [0.15, 0.2) is 51.4 Å². The van der Waals surface area contributed by atoms with E-state index < -0.39 is 11.9 Å². The predicted octanol–water partition coefficient (Wildman–Crippen LogP) is 5.23. The molecule has 0 fully saturated rings. The minimum absolute atomic E-state index is 0.104. The molecular weight excluding hydrogens is 357 g/mol. The number of fused-ring (bicyclic) bond motifs is 1. The summed E-state index contributed by atoms with van der Waals surface area (Å²) in [6, 6.07) is 12.1. The Kier molecular flexibility index (Phi) is 4.02. The van der Waals surface area contributed by atoms with E-state index >= 15 is 0 Å². The Morgan fingerprint density at radius 3 is 2.76 bits per heavy atom. The second kappa shape index (κ2) is 5.79. The summed E-state index contributed by atoms with van der Waals surface area (Å²) in [5.41, 5.74) is 7.37. The van der Waals surface area contributed by atoms with E-state index in [2.05, 4.69) is 15.9 Å². The van der Waals surface area contributed by atoms with Gasteiger partial charge in [-0.1, -0.05) is 35.9 Å². The lowest BCUT2D eigenvalue weighted by molar-refractivity contribution is 0.486. The van der Waals surface area contributed by atoms with E-state index in [0.29, 0.717) is 17.7 Å². The van der Waals surface area contributed by atoms with Gasteiger partial charge in [-0.2, -0.15) is 0 Å². The monoisotopic (exact) mass is 367 g/mol. The maximum atomic E-state index is 13.9. The summed E-state index contributed by atoms with van der Waals surface area (Å²) in [5.74, 6) is 0.197. The van der Waals surface area contributed by atoms with Crippen molar-refractivity contribution in [2.75, 3.05) is 0 Å². The average molecular weight is 369 g/mol. The molecule has 5 heteroatoms. The van der Waals surface area contributed by atoms with Crippen LogP contribution in [-0.2, 0) is 6.42 Å². The van der Waals surface area contributed by atoms with Crippen molar-refractivity contribution in [1.82, 2.24) is 0 Å². The van der Waals surface area contributed by atoms with Gasteiger partial charge >= 0.3 is 0 Å². The van der Waals surface area contributed by atoms with Gasteiger partial charge in [0.25, 0.3) is 0 Å². The van der Waals surface area contributed by atoms with Crippen molar-refractivity contribution in [1.29, 1.82) is 0 Å². The van der Waals surface area contributed by atoms with Gasteiger partial charge in [0.2, 0.25) is 0 Å². The molecule has 0 bridgehead atoms. The van der Waals surface area contributed by atoms with Crippen molar-refractivity contribution in [3.63, 3.8) is 0 Å². The van der Waals surface area contributed by atoms with Crippen molar-refractivity contribution < 1.29 is 8.81 Å². The first-order valence-electron chi connectivity index (χ1n) is 6.42. The largest absolute Gasteiger partial charge is 0.458 e. The lowest BCUT2D eigenvalue weighted by Crippen LogP contribution is -2.13. The molecule has 0 saturated heterocycles. The van der Waals surface area contributed by atoms with Gasteiger partial charge in [-0.25, -0.2) is 4.39 Å². The van der Waals surface area contributed by atoms with E-state index in [4.69, 9.17) is 21.8 Å². The highest BCUT2D eigenvalue weighted by Crippen LogP contribution is 2.30. The molecule has 2 nitrogen and oxygen atoms in total. The minimum Gasteiger partial charge on any atom is -0.458 e. The molecule has 1 unspecified atom stereocenters. The molecular formula is C16H12BrClFNO. The molecule has 108 valence electrons. The van der Waals surface area contributed by atoms with Crippen LogP contribution < -0.4 is 5.73 Å². The standard InChI is InChI=1S/C16H12BrClFNO/c17-11-5-1-4-10-8-14(21-16(10)11)13(20)7-9-3-2-6-12(18)15(9)19/h1-6,8,13H,7,20H2. The number of furan rings is 1. The van der Waals surface area contributed by atoms with E-state index in [0.717, 1.165) is 15.4 Å². The van der Waals surface area contributed by atoms with Crippen molar-refractivity contribution in [3.05, 3.63) is 69.1 Å². The smallest absolute Gasteiger partial charge is 0.148 e. The molecule has 0 spiro atoms. The molecule has 1 heterocycles. The highest BCUT2D eigenvalue weighted by atomic mass is 79.9. The number of nitrogens with two attached hydrogens (primary N) is 1. The molecule has 0 amide bonds. The maximum Gasteiger partial charge on any atom is 0.148 e. The van der Waals surface area contributed by atoms with Crippen LogP contribution in [-0.4, -0.2) is 0 Å². The Bertz CT molecular complexity index is 802. The van der Waals surface area contributed by atoms with Gasteiger partial charge in [0.15, 0.2) is 0 Å². The van der Waals surface area contributed by atoms with Gasteiger partial charge < -0.3 is 10.2 Å². The molecule has 2 N–H and O–H groups in total. The summed E-state index contributed by atoms with van der Waals surface area (Å²) < 4.78 is 20.6. The van der Waals surface area contributed by atoms with Crippen LogP contribution in [0.4, 0.5) is 4.39 Å². The van der Waals surface area contributed by atoms with Crippen LogP contribution in [0, 0.1) is 5.82 Å². The summed E-state index contributed by atoms with van der Waals surface area (Å²) in [7, 11) is 0. The Morgan fingerprint density at radius 2 is 2.00 bits per heavy atom. The molecule has 0 saturated carbocycles. The molecule has 0 aliphatic carbocycles. The first-order chi connectivity index (χ1) is 10.1. The van der Waals surface area contributed by atoms with Crippen LogP contribution in [0.5, 0.6) is 0 Å². The van der Waals surface area contributed by atoms with E-state index in [1.54, 1.807) is 12.1 Å². The fourth-order valence-corrected chi connectivity index (χ4v) is 2.93. The lowest BCUT2D eigenvalue weighted by atomic mass is 10.0. The van der Waals surface area contributed by atoms with E-state index in [-0.39, 0.29) is 5.02 Å². The lowest BCUT2D eigenvalue weighted by Gasteiger charge is -2.10. The van der Waals surface area contributed by atoms with Gasteiger partial charge in [-0.05, 0) is 46.1 Å². The first kappa shape index (κ1) is 14.6. The number of benzene rings is 2. The molecule has 0 aliphatic rings. The van der Waals surface area contributed by atoms with Crippen LogP contribution in [0.2, 0.25) is 5.02 Å². The van der Waals surface area contributed by atoms with Gasteiger partial charge in [0, 0.05) is 5.39 Å². The van der Waals surface area contributed by atoms with E-state index in [9.17, 15) is 4.39 Å². The summed E-state index contributed by atoms with van der Waals surface area (Å²) in [4.78, 5) is 0. The first-order valence-corrected chi connectivity index (χ1v) is 7.60. The summed E-state index contributed by atoms with van der Waals surface area (Å²) in [6.45, 7) is 0. The quantitative estimate of drug-likeness (QED) is 0.687. The highest BCUT2D eigenvalue weighted by molar-refractivity contribution is 9.10. The molecule has 21 heavy (non-hydrogen) atoms. The van der Waals surface area contributed by atoms with E-state index in [1.165, 1.54) is 6.07 Å². The summed E-state index contributed by atoms with van der Waals surface area (Å²) >= 11 is 9.22. The minimum atomic E-state index is -0.433. The van der Waals surface area contributed by atoms with E-state index in [1.807, 2.05) is 24.3 Å². The second-order valence-electron chi connectivity index (χ2n) is 4.83. The normalized spacial score (nSPS) is 12.8. The summed E-state index contributed by atoms with van der Waals surface area (Å²) in [5, 5.41) is 1.06. The zero-order chi connectivity index (χ0) is 15.0. The Balaban J connectivity index is 1.92. The fraction of sp³-hybridized carbons (Fsp3) is 0.125. The number of hydrogen-bond acceptors (Lipinski definition) is 2. The van der Waals surface area contributed by atoms with Gasteiger partial charge in [0.1, 0.15) is 17.2 Å². The van der Waals surface area contributed by atoms with Crippen LogP contribution in [0.1, 0.15) is 17.4 Å². The predicted molar refractivity (Wildman–Crippen MR) is 86.0 cm³/mol. The third kappa shape index (κ3) is 2.84. The van der Waals surface area contributed by atoms with Crippen molar-refractivity contribution in [2.45, 2.75) is 12.5 Å². The third-order valence-corrected chi connectivity index (χ3v) is 4.27. The Hall–Kier alpha value is -1.36. The molecule has 3 aromatic rings. The molecule has 3 rings (SSSR count). The zero-order valence-corrected chi connectivity index (χ0v) is 13.3. The van der Waals surface area contributed by atoms with Crippen molar-refractivity contribution >= 4 is 38.5 Å². The number of rotatable bonds is 3. The van der Waals surface area contributed by atoms with Crippen molar-refractivity contribution in [3.8, 4) is 0 Å². The van der Waals surface area contributed by atoms with Crippen molar-refractivity contribution in [2.24, 2.45) is 5.73 Å². The molecule has 0 aliphatic heterocycles. The Morgan fingerprint density at radius 1 is 1.24 bits per heavy atom. The van der Waals surface area contributed by atoms with Crippen LogP contribution >= 0.6 is 27.5 Å². The molecule has 1 atom stereocenters. The van der Waals surface area contributed by atoms with Gasteiger partial charge in [0.05, 0.1) is 15.5 Å². The van der Waals surface area contributed by atoms with Crippen LogP contribution in [0.25, 0.3) is 11.0 Å². The molecule has 2 aromatic carbocycles. The second-order valence-corrected chi connectivity index (χ2v) is 6.09. The Labute approximate surface area is 134 Å². The fourth-order valence-electron chi connectivity index (χ4n) is 2.27.